The summed E-state index contributed by atoms with van der Waals surface area (Å²) < 4.78 is 18.4. The van der Waals surface area contributed by atoms with E-state index < -0.39 is 64.4 Å². The molecule has 15 nitrogen and oxygen atoms in total. The molecule has 3 N–H and O–H groups in total. The van der Waals surface area contributed by atoms with Crippen LogP contribution in [0.2, 0.25) is 0 Å². The van der Waals surface area contributed by atoms with Crippen LogP contribution in [0.5, 0.6) is 0 Å². The van der Waals surface area contributed by atoms with Gasteiger partial charge in [-0.05, 0) is 18.4 Å². The Kier molecular flexibility index (Phi) is 9.26. The number of hydrogen-bond donors (Lipinski definition) is 2. The van der Waals surface area contributed by atoms with Crippen molar-refractivity contribution in [3.63, 3.8) is 0 Å². The largest absolute Gasteiger partial charge is 0.511 e. The molecule has 0 aromatic carbocycles. The third-order valence-corrected chi connectivity index (χ3v) is 7.37. The van der Waals surface area contributed by atoms with Crippen molar-refractivity contribution in [3.05, 3.63) is 22.4 Å². The summed E-state index contributed by atoms with van der Waals surface area (Å²) >= 11 is 1.17. The average molecular weight is 572 g/mol. The molecule has 2 amide bonds. The third-order valence-electron chi connectivity index (χ3n) is 4.82. The lowest BCUT2D eigenvalue weighted by Crippen LogP contribution is -2.70. The van der Waals surface area contributed by atoms with Gasteiger partial charge in [-0.3, -0.25) is 19.3 Å². The Balaban J connectivity index is 1.63. The van der Waals surface area contributed by atoms with Crippen molar-refractivity contribution in [2.24, 2.45) is 15.3 Å². The van der Waals surface area contributed by atoms with E-state index in [4.69, 9.17) is 19.9 Å². The second-order valence-electron chi connectivity index (χ2n) is 8.16. The predicted molar refractivity (Wildman–Crippen MR) is 132 cm³/mol. The summed E-state index contributed by atoms with van der Waals surface area (Å²) in [6.45, 7) is 5.66. The van der Waals surface area contributed by atoms with Crippen molar-refractivity contribution in [1.82, 2.24) is 10.2 Å². The Bertz CT molecular complexity index is 1190. The first-order valence-corrected chi connectivity index (χ1v) is 13.4. The normalized spacial score (nSPS) is 23.0. The Morgan fingerprint density at radius 3 is 2.63 bits per heavy atom. The summed E-state index contributed by atoms with van der Waals surface area (Å²) in [7, 11) is -1.12. The number of fused-ring (bicyclic) bond motifs is 1. The maximum Gasteiger partial charge on any atom is 0.511 e. The van der Waals surface area contributed by atoms with Crippen LogP contribution in [0, 0.1) is 0 Å². The lowest BCUT2D eigenvalue weighted by molar-refractivity contribution is -0.169. The molecule has 0 aromatic heterocycles. The average Bonchev–Trinajstić information content (AvgIpc) is 3.17. The van der Waals surface area contributed by atoms with Gasteiger partial charge in [0.1, 0.15) is 23.4 Å². The third kappa shape index (κ3) is 6.77. The molecular weight excluding hydrogens is 546 g/mol. The molecule has 3 rings (SSSR count). The van der Waals surface area contributed by atoms with E-state index in [2.05, 4.69) is 19.7 Å². The molecule has 38 heavy (non-hydrogen) atoms. The van der Waals surface area contributed by atoms with E-state index in [1.165, 1.54) is 31.0 Å². The molecule has 1 saturated heterocycles. The molecule has 4 atom stereocenters. The lowest BCUT2D eigenvalue weighted by Gasteiger charge is -2.49. The number of carbonyl (C=O) groups excluding carboxylic acids is 6. The molecule has 17 heteroatoms. The molecule has 3 aliphatic heterocycles. The number of nitrogens with two attached hydrogens (primary N) is 1. The number of amidine groups is 1. The van der Waals surface area contributed by atoms with E-state index in [0.717, 1.165) is 4.90 Å². The van der Waals surface area contributed by atoms with E-state index in [1.807, 2.05) is 0 Å². The van der Waals surface area contributed by atoms with Gasteiger partial charge >= 0.3 is 18.1 Å². The van der Waals surface area contributed by atoms with E-state index in [0.29, 0.717) is 6.29 Å². The van der Waals surface area contributed by atoms with Crippen LogP contribution in [0.1, 0.15) is 34.1 Å². The Morgan fingerprint density at radius 2 is 2.00 bits per heavy atom. The summed E-state index contributed by atoms with van der Waals surface area (Å²) in [5.74, 6) is -2.79. The summed E-state index contributed by atoms with van der Waals surface area (Å²) in [6, 6.07) is -0.981. The smallest absolute Gasteiger partial charge is 0.431 e. The van der Waals surface area contributed by atoms with Crippen LogP contribution in [0.3, 0.4) is 0 Å². The van der Waals surface area contributed by atoms with E-state index in [9.17, 15) is 28.8 Å². The number of amides is 2. The maximum absolute atomic E-state index is 12.9. The van der Waals surface area contributed by atoms with E-state index in [1.54, 1.807) is 13.8 Å². The first kappa shape index (κ1) is 28.8. The van der Waals surface area contributed by atoms with Crippen LogP contribution in [0.25, 0.3) is 0 Å². The van der Waals surface area contributed by atoms with Crippen molar-refractivity contribution in [3.8, 4) is 0 Å². The quantitative estimate of drug-likeness (QED) is 0.125. The molecule has 0 radical (unpaired) electrons. The second-order valence-corrected chi connectivity index (χ2v) is 10.7. The molecule has 0 aromatic rings. The number of esters is 1. The number of aliphatic imine (C=N–C) groups is 1. The highest BCUT2D eigenvalue weighted by molar-refractivity contribution is 8.05. The minimum atomic E-state index is -1.36. The van der Waals surface area contributed by atoms with Crippen molar-refractivity contribution < 1.29 is 47.8 Å². The van der Waals surface area contributed by atoms with Gasteiger partial charge in [-0.15, -0.1) is 11.8 Å². The molecule has 1 fully saturated rings. The first-order valence-electron chi connectivity index (χ1n) is 11.1. The summed E-state index contributed by atoms with van der Waals surface area (Å²) in [4.78, 5) is 82.1. The zero-order valence-corrected chi connectivity index (χ0v) is 22.3. The van der Waals surface area contributed by atoms with E-state index in [-0.39, 0.29) is 34.3 Å². The predicted octanol–water partition coefficient (Wildman–Crippen LogP) is 0.130. The summed E-state index contributed by atoms with van der Waals surface area (Å²) in [5.41, 5.74) is 5.74. The molecule has 3 unspecified atom stereocenters. The molecule has 0 spiro atoms. The highest BCUT2D eigenvalue weighted by atomic mass is 32.2. The number of β-lactam (4-membered cyclic amide) rings is 1. The minimum absolute atomic E-state index is 0.0100. The van der Waals surface area contributed by atoms with Crippen LogP contribution in [-0.4, -0.2) is 75.8 Å². The number of nitrogens with zero attached hydrogens (tertiary/aromatic N) is 3. The monoisotopic (exact) mass is 571 g/mol. The highest BCUT2D eigenvalue weighted by Gasteiger charge is 2.54. The molecule has 0 aliphatic carbocycles. The number of hydrogen-bond acceptors (Lipinski definition) is 14. The molecule has 206 valence electrons. The van der Waals surface area contributed by atoms with Crippen molar-refractivity contribution in [2.45, 2.75) is 57.9 Å². The number of thioether (sulfide) groups is 1. The van der Waals surface area contributed by atoms with Gasteiger partial charge in [0.05, 0.1) is 18.2 Å². The van der Waals surface area contributed by atoms with Crippen LogP contribution in [0.15, 0.2) is 31.9 Å². The fourth-order valence-electron chi connectivity index (χ4n) is 3.34. The van der Waals surface area contributed by atoms with Crippen molar-refractivity contribution in [2.75, 3.05) is 5.75 Å². The number of ether oxygens (including phenoxy) is 3. The van der Waals surface area contributed by atoms with Crippen LogP contribution in [0.4, 0.5) is 4.79 Å². The first-order chi connectivity index (χ1) is 17.9. The zero-order chi connectivity index (χ0) is 28.1. The van der Waals surface area contributed by atoms with Crippen LogP contribution < -0.4 is 11.1 Å². The fraction of sp³-hybridized carbons (Fsp3) is 0.476. The fourth-order valence-corrected chi connectivity index (χ4v) is 5.66. The van der Waals surface area contributed by atoms with Gasteiger partial charge < -0.3 is 30.1 Å². The number of nitrogens with one attached hydrogen (secondary N) is 1. The maximum atomic E-state index is 12.9. The van der Waals surface area contributed by atoms with Gasteiger partial charge in [0.25, 0.3) is 5.91 Å². The number of rotatable bonds is 9. The molecule has 3 aliphatic rings. The van der Waals surface area contributed by atoms with Crippen molar-refractivity contribution >= 4 is 63.8 Å². The van der Waals surface area contributed by atoms with Gasteiger partial charge in [0, 0.05) is 41.3 Å². The van der Waals surface area contributed by atoms with Gasteiger partial charge in [-0.1, -0.05) is 0 Å². The second kappa shape index (κ2) is 12.2. The summed E-state index contributed by atoms with van der Waals surface area (Å²) in [5, 5.41) is 3.44. The van der Waals surface area contributed by atoms with Gasteiger partial charge in [0.2, 0.25) is 12.2 Å². The van der Waals surface area contributed by atoms with Crippen LogP contribution in [-0.2, 0) is 53.7 Å². The Hall–Kier alpha value is -3.73. The standard InChI is InChI=1S/C21H25N5O10S2/c1-9(2)33-21(32)35-11(4)34-19(31)16-12(6-27)7-37-18-15(17(30)26(16)18)24-14(29)5-13-8-38(20(22)23-13)25-36-10(3)28/h6,8-9,11,15,18H,5,7H2,1-4H3,(H2,22,23)(H,24,29)/t11?,15?,18-,38?/m1/s1. The molecule has 3 heterocycles. The zero-order valence-electron chi connectivity index (χ0n) is 20.7. The minimum Gasteiger partial charge on any atom is -0.431 e. The van der Waals surface area contributed by atoms with Gasteiger partial charge in [-0.25, -0.2) is 19.4 Å². The topological polar surface area (TPSA) is 205 Å². The van der Waals surface area contributed by atoms with Crippen molar-refractivity contribution in [1.29, 1.82) is 0 Å². The van der Waals surface area contributed by atoms with Crippen LogP contribution >= 0.6 is 11.8 Å². The lowest BCUT2D eigenvalue weighted by atomic mass is 10.0. The number of aldehydes is 1. The van der Waals surface area contributed by atoms with E-state index >= 15 is 0 Å². The van der Waals surface area contributed by atoms with Gasteiger partial charge in [-0.2, -0.15) is 0 Å². The Morgan fingerprint density at radius 1 is 1.29 bits per heavy atom. The molecular formula is C21H25N5O10S2. The Labute approximate surface area is 223 Å². The molecule has 0 bridgehead atoms. The van der Waals surface area contributed by atoms with Gasteiger partial charge in [0.15, 0.2) is 5.17 Å². The summed E-state index contributed by atoms with van der Waals surface area (Å²) in [6.07, 6.45) is -2.67. The SMILES string of the molecule is CC(=O)O/N=S1/C=C(CC(=O)NC2C(=O)N3C(C(=O)OC(C)OC(=O)OC(C)C)=C(C=O)CS[C@H]23)N=C1N. The number of carbonyl (C=O) groups is 6. The molecule has 0 saturated carbocycles. The highest BCUT2D eigenvalue weighted by Crippen LogP contribution is 2.40.